The zero-order chi connectivity index (χ0) is 34.6. The lowest BCUT2D eigenvalue weighted by molar-refractivity contribution is -0.122. The average Bonchev–Trinajstić information content (AvgIpc) is 3.01. The second-order valence-electron chi connectivity index (χ2n) is 14.9. The molecule has 0 bridgehead atoms. The number of aliphatic hydroxyl groups is 5. The van der Waals surface area contributed by atoms with Crippen LogP contribution in [0, 0.1) is 11.8 Å². The number of aliphatic hydroxyl groups excluding tert-OH is 5. The van der Waals surface area contributed by atoms with Gasteiger partial charge in [-0.2, -0.15) is 0 Å². The highest BCUT2D eigenvalue weighted by molar-refractivity contribution is 5.76. The number of hydrogen-bond donors (Lipinski definition) is 6. The van der Waals surface area contributed by atoms with Crippen molar-refractivity contribution in [2.75, 3.05) is 0 Å². The van der Waals surface area contributed by atoms with Gasteiger partial charge < -0.3 is 30.8 Å². The van der Waals surface area contributed by atoms with Crippen molar-refractivity contribution in [2.24, 2.45) is 11.8 Å². The summed E-state index contributed by atoms with van der Waals surface area (Å²) in [6, 6.07) is -0.402. The minimum absolute atomic E-state index is 0.0316. The van der Waals surface area contributed by atoms with Gasteiger partial charge >= 0.3 is 0 Å². The molecule has 0 aromatic carbocycles. The summed E-state index contributed by atoms with van der Waals surface area (Å²) in [4.78, 5) is 12.3. The van der Waals surface area contributed by atoms with Gasteiger partial charge in [0, 0.05) is 12.8 Å². The van der Waals surface area contributed by atoms with Crippen molar-refractivity contribution in [3.05, 3.63) is 0 Å². The Morgan fingerprint density at radius 2 is 0.957 bits per heavy atom. The monoisotopic (exact) mass is 658 g/mol. The Labute approximate surface area is 284 Å². The number of carbonyl (C=O) groups excluding carboxylic acids is 1. The number of hydrogen-bond acceptors (Lipinski definition) is 6. The second kappa shape index (κ2) is 30.3. The molecule has 8 atom stereocenters. The molecule has 0 aromatic rings. The predicted molar refractivity (Wildman–Crippen MR) is 193 cm³/mol. The highest BCUT2D eigenvalue weighted by Crippen LogP contribution is 2.23. The molecule has 0 radical (unpaired) electrons. The van der Waals surface area contributed by atoms with Gasteiger partial charge in [0.25, 0.3) is 0 Å². The van der Waals surface area contributed by atoms with Crippen molar-refractivity contribution < 1.29 is 30.3 Å². The Balaban J connectivity index is 3.91. The van der Waals surface area contributed by atoms with Crippen LogP contribution in [0.5, 0.6) is 0 Å². The first-order valence-corrected chi connectivity index (χ1v) is 19.7. The van der Waals surface area contributed by atoms with E-state index in [0.717, 1.165) is 51.4 Å². The standard InChI is InChI=1S/C39H79NO6/c1-6-8-10-11-12-13-14-15-16-17-18-19-21-27-38(45)40-33(5)36(43)30-35(42)26-23-22-25-34(41)28-31(3)29-37(44)39(46)32(4)24-20-9-7-2/h31-37,39,41-44,46H,6-30H2,1-5H3,(H,40,45). The lowest BCUT2D eigenvalue weighted by atomic mass is 9.87. The third-order valence-electron chi connectivity index (χ3n) is 9.87. The van der Waals surface area contributed by atoms with Crippen molar-refractivity contribution in [2.45, 2.75) is 232 Å². The van der Waals surface area contributed by atoms with Gasteiger partial charge in [-0.15, -0.1) is 0 Å². The Kier molecular flexibility index (Phi) is 29.9. The fourth-order valence-electron chi connectivity index (χ4n) is 6.58. The van der Waals surface area contributed by atoms with Crippen molar-refractivity contribution in [1.82, 2.24) is 5.32 Å². The van der Waals surface area contributed by atoms with Crippen molar-refractivity contribution >= 4 is 5.91 Å². The first-order chi connectivity index (χ1) is 22.0. The van der Waals surface area contributed by atoms with E-state index in [4.69, 9.17) is 0 Å². The van der Waals surface area contributed by atoms with Gasteiger partial charge in [-0.25, -0.2) is 0 Å². The Hall–Kier alpha value is -0.730. The maximum absolute atomic E-state index is 12.3. The summed E-state index contributed by atoms with van der Waals surface area (Å²) in [5, 5.41) is 55.3. The number of amides is 1. The number of rotatable bonds is 33. The first kappa shape index (κ1) is 45.3. The maximum Gasteiger partial charge on any atom is 0.220 e. The quantitative estimate of drug-likeness (QED) is 0.0394. The fraction of sp³-hybridized carbons (Fsp3) is 0.974. The van der Waals surface area contributed by atoms with E-state index in [1.54, 1.807) is 6.92 Å². The molecule has 0 saturated heterocycles. The van der Waals surface area contributed by atoms with Gasteiger partial charge in [-0.1, -0.05) is 137 Å². The van der Waals surface area contributed by atoms with E-state index in [2.05, 4.69) is 19.2 Å². The van der Waals surface area contributed by atoms with Gasteiger partial charge in [0.15, 0.2) is 0 Å². The summed E-state index contributed by atoms with van der Waals surface area (Å²) in [6.07, 6.45) is 21.8. The molecule has 6 N–H and O–H groups in total. The summed E-state index contributed by atoms with van der Waals surface area (Å²) < 4.78 is 0. The SMILES string of the molecule is CCCCCCCCCCCCCCCC(=O)NC(C)C(O)CC(O)CCCCC(O)CC(C)CC(O)C(O)C(C)CCCCC. The van der Waals surface area contributed by atoms with Gasteiger partial charge in [0.1, 0.15) is 0 Å². The molecule has 1 amide bonds. The van der Waals surface area contributed by atoms with E-state index in [1.807, 2.05) is 13.8 Å². The van der Waals surface area contributed by atoms with E-state index in [-0.39, 0.29) is 24.2 Å². The highest BCUT2D eigenvalue weighted by atomic mass is 16.3. The van der Waals surface area contributed by atoms with Gasteiger partial charge in [0.05, 0.1) is 36.6 Å². The minimum Gasteiger partial charge on any atom is -0.393 e. The molecule has 7 nitrogen and oxygen atoms in total. The number of nitrogens with one attached hydrogen (secondary N) is 1. The fourth-order valence-corrected chi connectivity index (χ4v) is 6.58. The number of unbranched alkanes of at least 4 members (excludes halogenated alkanes) is 15. The van der Waals surface area contributed by atoms with Crippen LogP contribution in [0.15, 0.2) is 0 Å². The summed E-state index contributed by atoms with van der Waals surface area (Å²) in [6.45, 7) is 10.2. The van der Waals surface area contributed by atoms with E-state index in [0.29, 0.717) is 32.1 Å². The molecule has 0 spiro atoms. The Bertz CT molecular complexity index is 679. The molecule has 276 valence electrons. The van der Waals surface area contributed by atoms with E-state index < -0.39 is 36.6 Å². The second-order valence-corrected chi connectivity index (χ2v) is 14.9. The Morgan fingerprint density at radius 1 is 0.522 bits per heavy atom. The van der Waals surface area contributed by atoms with Crippen LogP contribution in [-0.2, 0) is 4.79 Å². The molecule has 0 fully saturated rings. The molecule has 0 saturated carbocycles. The molecule has 0 heterocycles. The summed E-state index contributed by atoms with van der Waals surface area (Å²) in [7, 11) is 0. The topological polar surface area (TPSA) is 130 Å². The molecule has 46 heavy (non-hydrogen) atoms. The lowest BCUT2D eigenvalue weighted by Crippen LogP contribution is -2.42. The normalized spacial score (nSPS) is 17.2. The largest absolute Gasteiger partial charge is 0.393 e. The van der Waals surface area contributed by atoms with Crippen LogP contribution in [0.2, 0.25) is 0 Å². The van der Waals surface area contributed by atoms with Gasteiger partial charge in [0.2, 0.25) is 5.91 Å². The van der Waals surface area contributed by atoms with Crippen molar-refractivity contribution in [3.8, 4) is 0 Å². The van der Waals surface area contributed by atoms with Crippen LogP contribution in [-0.4, -0.2) is 68.0 Å². The smallest absolute Gasteiger partial charge is 0.220 e. The highest BCUT2D eigenvalue weighted by Gasteiger charge is 2.25. The summed E-state index contributed by atoms with van der Waals surface area (Å²) in [5.41, 5.74) is 0. The van der Waals surface area contributed by atoms with Crippen LogP contribution in [0.3, 0.4) is 0 Å². The van der Waals surface area contributed by atoms with E-state index in [1.165, 1.54) is 70.6 Å². The van der Waals surface area contributed by atoms with Gasteiger partial charge in [-0.05, 0) is 57.3 Å². The number of carbonyl (C=O) groups is 1. The van der Waals surface area contributed by atoms with Crippen molar-refractivity contribution in [1.29, 1.82) is 0 Å². The predicted octanol–water partition coefficient (Wildman–Crippen LogP) is 8.36. The zero-order valence-corrected chi connectivity index (χ0v) is 30.9. The van der Waals surface area contributed by atoms with E-state index in [9.17, 15) is 30.3 Å². The third-order valence-corrected chi connectivity index (χ3v) is 9.87. The van der Waals surface area contributed by atoms with Crippen LogP contribution < -0.4 is 5.32 Å². The van der Waals surface area contributed by atoms with Crippen LogP contribution >= 0.6 is 0 Å². The molecule has 0 rings (SSSR count). The minimum atomic E-state index is -0.798. The molecule has 8 unspecified atom stereocenters. The van der Waals surface area contributed by atoms with Crippen LogP contribution in [0.25, 0.3) is 0 Å². The molecular formula is C39H79NO6. The molecule has 0 aliphatic rings. The van der Waals surface area contributed by atoms with Crippen LogP contribution in [0.4, 0.5) is 0 Å². The first-order valence-electron chi connectivity index (χ1n) is 19.7. The van der Waals surface area contributed by atoms with Crippen molar-refractivity contribution in [3.63, 3.8) is 0 Å². The molecule has 0 aliphatic heterocycles. The maximum atomic E-state index is 12.3. The Morgan fingerprint density at radius 3 is 1.48 bits per heavy atom. The van der Waals surface area contributed by atoms with Gasteiger partial charge in [-0.3, -0.25) is 4.79 Å². The lowest BCUT2D eigenvalue weighted by Gasteiger charge is -2.27. The summed E-state index contributed by atoms with van der Waals surface area (Å²) in [5.74, 6) is 0.136. The zero-order valence-electron chi connectivity index (χ0n) is 30.9. The van der Waals surface area contributed by atoms with E-state index >= 15 is 0 Å². The third kappa shape index (κ3) is 26.3. The molecule has 7 heteroatoms. The molecule has 0 aliphatic carbocycles. The summed E-state index contributed by atoms with van der Waals surface area (Å²) >= 11 is 0. The van der Waals surface area contributed by atoms with Crippen LogP contribution in [0.1, 0.15) is 195 Å². The molecular weight excluding hydrogens is 578 g/mol. The average molecular weight is 658 g/mol. The molecule has 0 aromatic heterocycles.